The highest BCUT2D eigenvalue weighted by Crippen LogP contribution is 2.39. The summed E-state index contributed by atoms with van der Waals surface area (Å²) in [5, 5.41) is 12.8. The van der Waals surface area contributed by atoms with Crippen molar-refractivity contribution in [2.75, 3.05) is 12.3 Å². The third-order valence-electron chi connectivity index (χ3n) is 4.48. The molecule has 0 radical (unpaired) electrons. The van der Waals surface area contributed by atoms with Gasteiger partial charge in [0.2, 0.25) is 0 Å². The molecule has 3 aromatic rings. The first kappa shape index (κ1) is 17.8. The number of hydrogen-bond acceptors (Lipinski definition) is 5. The number of nitro benzene ring substituents is 1. The SMILES string of the molecule is O=C(c1ccc(-c2cccs2)cc1)N1CCSC1c1ccc([N+](=O)[O-])cc1. The fraction of sp³-hybridized carbons (Fsp3) is 0.150. The highest BCUT2D eigenvalue weighted by molar-refractivity contribution is 7.99. The van der Waals surface area contributed by atoms with Crippen molar-refractivity contribution < 1.29 is 9.72 Å². The van der Waals surface area contributed by atoms with E-state index < -0.39 is 4.92 Å². The Morgan fingerprint density at radius 1 is 1.07 bits per heavy atom. The number of nitrogens with zero attached hydrogens (tertiary/aromatic N) is 2. The molecule has 27 heavy (non-hydrogen) atoms. The number of thiophene rings is 1. The molecule has 136 valence electrons. The van der Waals surface area contributed by atoms with E-state index in [-0.39, 0.29) is 17.0 Å². The van der Waals surface area contributed by atoms with Gasteiger partial charge in [-0.15, -0.1) is 23.1 Å². The molecule has 0 spiro atoms. The zero-order chi connectivity index (χ0) is 18.8. The molecule has 1 aliphatic heterocycles. The van der Waals surface area contributed by atoms with Crippen molar-refractivity contribution in [1.29, 1.82) is 0 Å². The van der Waals surface area contributed by atoms with E-state index in [1.54, 1.807) is 35.2 Å². The largest absolute Gasteiger partial charge is 0.322 e. The summed E-state index contributed by atoms with van der Waals surface area (Å²) < 4.78 is 0. The fourth-order valence-electron chi connectivity index (χ4n) is 3.10. The Labute approximate surface area is 164 Å². The molecule has 0 bridgehead atoms. The van der Waals surface area contributed by atoms with Gasteiger partial charge in [0.15, 0.2) is 0 Å². The van der Waals surface area contributed by atoms with Gasteiger partial charge in [-0.1, -0.05) is 18.2 Å². The van der Waals surface area contributed by atoms with E-state index in [1.165, 1.54) is 17.0 Å². The molecule has 1 atom stereocenters. The van der Waals surface area contributed by atoms with Crippen LogP contribution in [0.1, 0.15) is 21.3 Å². The predicted octanol–water partition coefficient (Wildman–Crippen LogP) is 5.21. The van der Waals surface area contributed by atoms with E-state index in [0.29, 0.717) is 12.1 Å². The van der Waals surface area contributed by atoms with Gasteiger partial charge in [0.05, 0.1) is 4.92 Å². The predicted molar refractivity (Wildman–Crippen MR) is 109 cm³/mol. The standard InChI is InChI=1S/C20H16N2O3S2/c23-19(15-5-3-14(4-6-15)18-2-1-12-26-18)21-11-13-27-20(21)16-7-9-17(10-8-16)22(24)25/h1-10,12,20H,11,13H2. The number of benzene rings is 2. The van der Waals surface area contributed by atoms with E-state index in [9.17, 15) is 14.9 Å². The van der Waals surface area contributed by atoms with Gasteiger partial charge in [-0.2, -0.15) is 0 Å². The molecule has 0 saturated carbocycles. The maximum Gasteiger partial charge on any atom is 0.269 e. The molecule has 2 heterocycles. The molecule has 1 amide bonds. The summed E-state index contributed by atoms with van der Waals surface area (Å²) >= 11 is 3.35. The molecule has 1 unspecified atom stereocenters. The van der Waals surface area contributed by atoms with Gasteiger partial charge in [-0.3, -0.25) is 14.9 Å². The average molecular weight is 396 g/mol. The van der Waals surface area contributed by atoms with Crippen molar-refractivity contribution in [3.05, 3.63) is 87.3 Å². The Hall–Kier alpha value is -2.64. The van der Waals surface area contributed by atoms with E-state index in [0.717, 1.165) is 16.9 Å². The van der Waals surface area contributed by atoms with E-state index in [1.807, 2.05) is 40.6 Å². The zero-order valence-corrected chi connectivity index (χ0v) is 15.9. The molecule has 1 fully saturated rings. The van der Waals surface area contributed by atoms with Crippen molar-refractivity contribution in [3.8, 4) is 10.4 Å². The number of carbonyl (C=O) groups excluding carboxylic acids is 1. The first-order valence-corrected chi connectivity index (χ1v) is 10.4. The summed E-state index contributed by atoms with van der Waals surface area (Å²) in [4.78, 5) is 26.5. The lowest BCUT2D eigenvalue weighted by molar-refractivity contribution is -0.384. The van der Waals surface area contributed by atoms with Gasteiger partial charge in [0.1, 0.15) is 5.37 Å². The second kappa shape index (κ2) is 7.54. The van der Waals surface area contributed by atoms with Crippen LogP contribution in [0, 0.1) is 10.1 Å². The molecule has 1 saturated heterocycles. The lowest BCUT2D eigenvalue weighted by atomic mass is 10.1. The van der Waals surface area contributed by atoms with Crippen molar-refractivity contribution in [1.82, 2.24) is 4.90 Å². The average Bonchev–Trinajstić information content (AvgIpc) is 3.40. The second-order valence-corrected chi connectivity index (χ2v) is 8.26. The Bertz CT molecular complexity index is 954. The molecule has 1 aromatic heterocycles. The molecular weight excluding hydrogens is 380 g/mol. The summed E-state index contributed by atoms with van der Waals surface area (Å²) in [5.41, 5.74) is 2.73. The summed E-state index contributed by atoms with van der Waals surface area (Å²) in [7, 11) is 0. The van der Waals surface area contributed by atoms with Gasteiger partial charge in [0, 0.05) is 34.9 Å². The van der Waals surface area contributed by atoms with Crippen LogP contribution in [0.3, 0.4) is 0 Å². The molecule has 0 aliphatic carbocycles. The van der Waals surface area contributed by atoms with Crippen LogP contribution in [0.4, 0.5) is 5.69 Å². The summed E-state index contributed by atoms with van der Waals surface area (Å²) in [6, 6.07) is 18.2. The van der Waals surface area contributed by atoms with Gasteiger partial charge in [-0.25, -0.2) is 0 Å². The number of thioether (sulfide) groups is 1. The first-order valence-electron chi connectivity index (χ1n) is 8.44. The van der Waals surface area contributed by atoms with Gasteiger partial charge >= 0.3 is 0 Å². The lowest BCUT2D eigenvalue weighted by Crippen LogP contribution is -2.30. The maximum absolute atomic E-state index is 13.0. The zero-order valence-electron chi connectivity index (χ0n) is 14.3. The normalized spacial score (nSPS) is 16.4. The second-order valence-electron chi connectivity index (χ2n) is 6.12. The van der Waals surface area contributed by atoms with Crippen LogP contribution in [0.5, 0.6) is 0 Å². The van der Waals surface area contributed by atoms with Crippen molar-refractivity contribution >= 4 is 34.7 Å². The third kappa shape index (κ3) is 3.61. The van der Waals surface area contributed by atoms with E-state index in [4.69, 9.17) is 0 Å². The highest BCUT2D eigenvalue weighted by atomic mass is 32.2. The maximum atomic E-state index is 13.0. The number of rotatable bonds is 4. The molecule has 1 aliphatic rings. The Kier molecular flexibility index (Phi) is 4.96. The number of non-ortho nitro benzene ring substituents is 1. The van der Waals surface area contributed by atoms with Crippen molar-refractivity contribution in [2.24, 2.45) is 0 Å². The topological polar surface area (TPSA) is 63.5 Å². The lowest BCUT2D eigenvalue weighted by Gasteiger charge is -2.24. The molecule has 2 aromatic carbocycles. The Morgan fingerprint density at radius 3 is 2.44 bits per heavy atom. The van der Waals surface area contributed by atoms with Crippen LogP contribution in [0.25, 0.3) is 10.4 Å². The van der Waals surface area contributed by atoms with Crippen LogP contribution in [0.15, 0.2) is 66.0 Å². The van der Waals surface area contributed by atoms with Gasteiger partial charge in [-0.05, 0) is 46.8 Å². The smallest absolute Gasteiger partial charge is 0.269 e. The Morgan fingerprint density at radius 2 is 1.81 bits per heavy atom. The van der Waals surface area contributed by atoms with Crippen LogP contribution >= 0.6 is 23.1 Å². The van der Waals surface area contributed by atoms with Gasteiger partial charge < -0.3 is 4.90 Å². The van der Waals surface area contributed by atoms with E-state index in [2.05, 4.69) is 6.07 Å². The highest BCUT2D eigenvalue weighted by Gasteiger charge is 2.31. The van der Waals surface area contributed by atoms with Crippen LogP contribution in [-0.2, 0) is 0 Å². The monoisotopic (exact) mass is 396 g/mol. The Balaban J connectivity index is 1.54. The van der Waals surface area contributed by atoms with Gasteiger partial charge in [0.25, 0.3) is 11.6 Å². The minimum Gasteiger partial charge on any atom is -0.322 e. The summed E-state index contributed by atoms with van der Waals surface area (Å²) in [6.45, 7) is 0.665. The summed E-state index contributed by atoms with van der Waals surface area (Å²) in [6.07, 6.45) is 0. The summed E-state index contributed by atoms with van der Waals surface area (Å²) in [5.74, 6) is 0.835. The van der Waals surface area contributed by atoms with Crippen LogP contribution in [0.2, 0.25) is 0 Å². The molecule has 0 N–H and O–H groups in total. The third-order valence-corrected chi connectivity index (χ3v) is 6.66. The van der Waals surface area contributed by atoms with Crippen LogP contribution < -0.4 is 0 Å². The molecular formula is C20H16N2O3S2. The van der Waals surface area contributed by atoms with Crippen molar-refractivity contribution in [2.45, 2.75) is 5.37 Å². The quantitative estimate of drug-likeness (QED) is 0.448. The number of nitro groups is 1. The number of carbonyl (C=O) groups is 1. The molecule has 7 heteroatoms. The number of hydrogen-bond donors (Lipinski definition) is 0. The minimum absolute atomic E-state index is 0.0129. The minimum atomic E-state index is -0.413. The first-order chi connectivity index (χ1) is 13.1. The number of amides is 1. The molecule has 5 nitrogen and oxygen atoms in total. The van der Waals surface area contributed by atoms with Crippen molar-refractivity contribution in [3.63, 3.8) is 0 Å². The van der Waals surface area contributed by atoms with Crippen LogP contribution in [-0.4, -0.2) is 28.0 Å². The molecule has 4 rings (SSSR count). The fourth-order valence-corrected chi connectivity index (χ4v) is 5.09. The van der Waals surface area contributed by atoms with E-state index >= 15 is 0 Å².